The molecule has 0 aromatic heterocycles. The van der Waals surface area contributed by atoms with Gasteiger partial charge in [-0.15, -0.1) is 12.4 Å². The average Bonchev–Trinajstić information content (AvgIpc) is 2.48. The maximum atomic E-state index is 12.2. The van der Waals surface area contributed by atoms with Crippen molar-refractivity contribution in [1.82, 2.24) is 0 Å². The molecule has 122 valence electrons. The van der Waals surface area contributed by atoms with Gasteiger partial charge in [-0.1, -0.05) is 25.3 Å². The lowest BCUT2D eigenvalue weighted by Gasteiger charge is -2.21. The van der Waals surface area contributed by atoms with Gasteiger partial charge >= 0.3 is 0 Å². The van der Waals surface area contributed by atoms with Gasteiger partial charge in [-0.3, -0.25) is 9.59 Å². The van der Waals surface area contributed by atoms with Crippen molar-refractivity contribution in [3.05, 3.63) is 24.3 Å². The fourth-order valence-electron chi connectivity index (χ4n) is 2.54. The van der Waals surface area contributed by atoms with Gasteiger partial charge in [0.1, 0.15) is 0 Å². The minimum Gasteiger partial charge on any atom is -0.326 e. The predicted octanol–water partition coefficient (Wildman–Crippen LogP) is 2.91. The summed E-state index contributed by atoms with van der Waals surface area (Å²) in [5.74, 6) is -0.0582. The number of hydrogen-bond donors (Lipinski definition) is 3. The van der Waals surface area contributed by atoms with Crippen LogP contribution in [0.1, 0.15) is 39.0 Å². The Bertz CT molecular complexity index is 514. The summed E-state index contributed by atoms with van der Waals surface area (Å²) < 4.78 is 0. The standard InChI is InChI=1S/C16H23N3O2.ClH/c1-11(17)15(20)18-13-8-5-9-14(10-13)19-16(21)12-6-3-2-4-7-12;/h5,8-12H,2-4,6-7,17H2,1H3,(H,18,20)(H,19,21);1H/t11-;/m1./s1. The second-order valence-electron chi connectivity index (χ2n) is 5.68. The van der Waals surface area contributed by atoms with Gasteiger partial charge in [0.2, 0.25) is 11.8 Å². The summed E-state index contributed by atoms with van der Waals surface area (Å²) in [5.41, 5.74) is 6.86. The van der Waals surface area contributed by atoms with Crippen LogP contribution < -0.4 is 16.4 Å². The topological polar surface area (TPSA) is 84.2 Å². The Labute approximate surface area is 137 Å². The van der Waals surface area contributed by atoms with Crippen LogP contribution in [-0.2, 0) is 9.59 Å². The van der Waals surface area contributed by atoms with Crippen LogP contribution in [0.5, 0.6) is 0 Å². The van der Waals surface area contributed by atoms with Gasteiger partial charge in [-0.05, 0) is 38.0 Å². The molecule has 0 spiro atoms. The smallest absolute Gasteiger partial charge is 0.240 e. The summed E-state index contributed by atoms with van der Waals surface area (Å²) in [7, 11) is 0. The van der Waals surface area contributed by atoms with Gasteiger partial charge in [0.05, 0.1) is 6.04 Å². The highest BCUT2D eigenvalue weighted by Gasteiger charge is 2.21. The van der Waals surface area contributed by atoms with E-state index in [0.29, 0.717) is 11.4 Å². The van der Waals surface area contributed by atoms with Crippen molar-refractivity contribution in [2.24, 2.45) is 11.7 Å². The molecule has 1 aliphatic rings. The number of hydrogen-bond acceptors (Lipinski definition) is 3. The summed E-state index contributed by atoms with van der Waals surface area (Å²) in [6.45, 7) is 1.63. The molecule has 1 aromatic carbocycles. The van der Waals surface area contributed by atoms with E-state index >= 15 is 0 Å². The quantitative estimate of drug-likeness (QED) is 0.795. The highest BCUT2D eigenvalue weighted by molar-refractivity contribution is 5.96. The molecule has 2 amide bonds. The van der Waals surface area contributed by atoms with Gasteiger partial charge < -0.3 is 16.4 Å². The zero-order valence-corrected chi connectivity index (χ0v) is 13.6. The monoisotopic (exact) mass is 325 g/mol. The van der Waals surface area contributed by atoms with E-state index in [9.17, 15) is 9.59 Å². The van der Waals surface area contributed by atoms with Crippen LogP contribution in [0.25, 0.3) is 0 Å². The summed E-state index contributed by atoms with van der Waals surface area (Å²) in [6, 6.07) is 6.58. The van der Waals surface area contributed by atoms with Crippen LogP contribution in [0.3, 0.4) is 0 Å². The number of benzene rings is 1. The van der Waals surface area contributed by atoms with Crippen LogP contribution in [0, 0.1) is 5.92 Å². The Balaban J connectivity index is 0.00000242. The Kier molecular flexibility index (Phi) is 7.35. The van der Waals surface area contributed by atoms with Crippen LogP contribution in [0.4, 0.5) is 11.4 Å². The SMILES string of the molecule is C[C@@H](N)C(=O)Nc1cccc(NC(=O)C2CCCCC2)c1.Cl. The first-order chi connectivity index (χ1) is 10.1. The van der Waals surface area contributed by atoms with Gasteiger partial charge in [0.25, 0.3) is 0 Å². The van der Waals surface area contributed by atoms with E-state index in [1.54, 1.807) is 25.1 Å². The average molecular weight is 326 g/mol. The number of nitrogens with two attached hydrogens (primary N) is 1. The fourth-order valence-corrected chi connectivity index (χ4v) is 2.54. The lowest BCUT2D eigenvalue weighted by Crippen LogP contribution is -2.32. The van der Waals surface area contributed by atoms with Crippen molar-refractivity contribution in [3.8, 4) is 0 Å². The third-order valence-corrected chi connectivity index (χ3v) is 3.79. The molecule has 1 fully saturated rings. The number of halogens is 1. The normalized spacial score (nSPS) is 16.3. The number of nitrogens with one attached hydrogen (secondary N) is 2. The van der Waals surface area contributed by atoms with E-state index in [0.717, 1.165) is 25.7 Å². The minimum absolute atomic E-state index is 0. The maximum absolute atomic E-state index is 12.2. The summed E-state index contributed by atoms with van der Waals surface area (Å²) in [5, 5.41) is 5.65. The van der Waals surface area contributed by atoms with Crippen molar-refractivity contribution in [1.29, 1.82) is 0 Å². The maximum Gasteiger partial charge on any atom is 0.240 e. The molecule has 5 nitrogen and oxygen atoms in total. The van der Waals surface area contributed by atoms with Crippen LogP contribution >= 0.6 is 12.4 Å². The van der Waals surface area contributed by atoms with E-state index in [1.807, 2.05) is 6.07 Å². The van der Waals surface area contributed by atoms with E-state index in [-0.39, 0.29) is 30.1 Å². The molecule has 6 heteroatoms. The molecule has 0 aliphatic heterocycles. The summed E-state index contributed by atoms with van der Waals surface area (Å²) in [6.07, 6.45) is 5.41. The molecule has 22 heavy (non-hydrogen) atoms. The molecular weight excluding hydrogens is 302 g/mol. The van der Waals surface area contributed by atoms with Crippen molar-refractivity contribution in [2.75, 3.05) is 10.6 Å². The molecule has 0 radical (unpaired) electrons. The van der Waals surface area contributed by atoms with E-state index in [1.165, 1.54) is 6.42 Å². The first-order valence-corrected chi connectivity index (χ1v) is 7.53. The zero-order chi connectivity index (χ0) is 15.2. The lowest BCUT2D eigenvalue weighted by molar-refractivity contribution is -0.120. The second-order valence-corrected chi connectivity index (χ2v) is 5.68. The Morgan fingerprint density at radius 1 is 1.14 bits per heavy atom. The fraction of sp³-hybridized carbons (Fsp3) is 0.500. The molecule has 0 saturated heterocycles. The van der Waals surface area contributed by atoms with E-state index < -0.39 is 6.04 Å². The lowest BCUT2D eigenvalue weighted by atomic mass is 9.88. The molecule has 1 aromatic rings. The molecular formula is C16H24ClN3O2. The third kappa shape index (κ3) is 5.31. The van der Waals surface area contributed by atoms with Crippen molar-refractivity contribution >= 4 is 35.6 Å². The molecule has 1 aliphatic carbocycles. The second kappa shape index (κ2) is 8.76. The Hall–Kier alpha value is -1.59. The first kappa shape index (κ1) is 18.5. The molecule has 2 rings (SSSR count). The summed E-state index contributed by atoms with van der Waals surface area (Å²) >= 11 is 0. The van der Waals surface area contributed by atoms with Crippen LogP contribution in [0.2, 0.25) is 0 Å². The van der Waals surface area contributed by atoms with E-state index in [4.69, 9.17) is 5.73 Å². The number of carbonyl (C=O) groups is 2. The largest absolute Gasteiger partial charge is 0.326 e. The molecule has 4 N–H and O–H groups in total. The van der Waals surface area contributed by atoms with Gasteiger partial charge in [0.15, 0.2) is 0 Å². The van der Waals surface area contributed by atoms with E-state index in [2.05, 4.69) is 10.6 Å². The Morgan fingerprint density at radius 3 is 2.32 bits per heavy atom. The highest BCUT2D eigenvalue weighted by Crippen LogP contribution is 2.25. The summed E-state index contributed by atoms with van der Waals surface area (Å²) in [4.78, 5) is 23.8. The molecule has 0 heterocycles. The van der Waals surface area contributed by atoms with Crippen molar-refractivity contribution in [3.63, 3.8) is 0 Å². The highest BCUT2D eigenvalue weighted by atomic mass is 35.5. The van der Waals surface area contributed by atoms with Crippen molar-refractivity contribution < 1.29 is 9.59 Å². The molecule has 1 atom stereocenters. The van der Waals surface area contributed by atoms with Gasteiger partial charge in [-0.2, -0.15) is 0 Å². The number of carbonyl (C=O) groups excluding carboxylic acids is 2. The molecule has 1 saturated carbocycles. The number of anilines is 2. The number of amides is 2. The van der Waals surface area contributed by atoms with Gasteiger partial charge in [0, 0.05) is 17.3 Å². The Morgan fingerprint density at radius 2 is 1.73 bits per heavy atom. The van der Waals surface area contributed by atoms with Gasteiger partial charge in [-0.25, -0.2) is 0 Å². The minimum atomic E-state index is -0.564. The van der Waals surface area contributed by atoms with Crippen LogP contribution in [0.15, 0.2) is 24.3 Å². The van der Waals surface area contributed by atoms with Crippen molar-refractivity contribution in [2.45, 2.75) is 45.1 Å². The first-order valence-electron chi connectivity index (χ1n) is 7.53. The third-order valence-electron chi connectivity index (χ3n) is 3.79. The molecule has 0 bridgehead atoms. The molecule has 0 unspecified atom stereocenters. The zero-order valence-electron chi connectivity index (χ0n) is 12.8. The van der Waals surface area contributed by atoms with Crippen LogP contribution in [-0.4, -0.2) is 17.9 Å². The predicted molar refractivity (Wildman–Crippen MR) is 91.2 cm³/mol. The number of rotatable bonds is 4.